The maximum Gasteiger partial charge on any atom is 0.418 e. The number of nitrogens with one attached hydrogen (secondary N) is 2. The Morgan fingerprint density at radius 1 is 1.16 bits per heavy atom. The van der Waals surface area contributed by atoms with E-state index in [9.17, 15) is 22.8 Å². The van der Waals surface area contributed by atoms with E-state index >= 15 is 0 Å². The SMILES string of the molecule is [B]c1nc(N[C@@H]2CCN(C(=O)c3ccc(NC(=O)C=C)cc3)C2)nc([B])c1C(F)(F)F. The number of hydrogen-bond acceptors (Lipinski definition) is 5. The van der Waals surface area contributed by atoms with Crippen molar-refractivity contribution in [1.29, 1.82) is 0 Å². The van der Waals surface area contributed by atoms with Crippen molar-refractivity contribution in [2.45, 2.75) is 18.6 Å². The zero-order valence-electron chi connectivity index (χ0n) is 16.2. The summed E-state index contributed by atoms with van der Waals surface area (Å²) < 4.78 is 38.8. The lowest BCUT2D eigenvalue weighted by Crippen LogP contribution is -2.37. The van der Waals surface area contributed by atoms with Gasteiger partial charge in [0.05, 0.1) is 5.56 Å². The van der Waals surface area contributed by atoms with Crippen LogP contribution in [0.1, 0.15) is 22.3 Å². The highest BCUT2D eigenvalue weighted by Crippen LogP contribution is 2.26. The second-order valence-electron chi connectivity index (χ2n) is 6.84. The van der Waals surface area contributed by atoms with Crippen LogP contribution in [0.15, 0.2) is 36.9 Å². The fraction of sp³-hybridized carbons (Fsp3) is 0.263. The molecule has 0 aliphatic carbocycles. The molecule has 1 aliphatic rings. The average Bonchev–Trinajstić information content (AvgIpc) is 3.14. The standard InChI is InChI=1S/C19H16B2F3N5O2/c1-2-13(30)25-11-5-3-10(4-6-11)17(31)29-8-7-12(9-29)26-18-27-15(20)14(16(21)28-18)19(22,23)24/h2-6,12H,1,7-9H2,(H,25,30)(H,26,27,28)/t12-/m1/s1. The first-order valence-electron chi connectivity index (χ1n) is 9.18. The van der Waals surface area contributed by atoms with Crippen LogP contribution in [0.4, 0.5) is 24.8 Å². The van der Waals surface area contributed by atoms with Gasteiger partial charge in [-0.1, -0.05) is 6.58 Å². The molecule has 2 heterocycles. The van der Waals surface area contributed by atoms with Crippen LogP contribution in [-0.4, -0.2) is 61.5 Å². The van der Waals surface area contributed by atoms with Gasteiger partial charge in [0.15, 0.2) is 0 Å². The van der Waals surface area contributed by atoms with E-state index in [1.165, 1.54) is 0 Å². The summed E-state index contributed by atoms with van der Waals surface area (Å²) in [7, 11) is 10.8. The van der Waals surface area contributed by atoms with Crippen LogP contribution in [-0.2, 0) is 11.0 Å². The van der Waals surface area contributed by atoms with E-state index in [1.807, 2.05) is 0 Å². The van der Waals surface area contributed by atoms with Crippen LogP contribution in [0.5, 0.6) is 0 Å². The van der Waals surface area contributed by atoms with Gasteiger partial charge in [0, 0.05) is 41.6 Å². The zero-order valence-corrected chi connectivity index (χ0v) is 16.2. The van der Waals surface area contributed by atoms with E-state index in [1.54, 1.807) is 29.2 Å². The van der Waals surface area contributed by atoms with E-state index in [-0.39, 0.29) is 30.3 Å². The Labute approximate surface area is 178 Å². The predicted octanol–water partition coefficient (Wildman–Crippen LogP) is 0.534. The summed E-state index contributed by atoms with van der Waals surface area (Å²) >= 11 is 0. The molecule has 1 aromatic heterocycles. The molecule has 0 saturated carbocycles. The second-order valence-corrected chi connectivity index (χ2v) is 6.84. The van der Waals surface area contributed by atoms with Gasteiger partial charge in [-0.3, -0.25) is 9.59 Å². The summed E-state index contributed by atoms with van der Waals surface area (Å²) in [6, 6.07) is 6.08. The van der Waals surface area contributed by atoms with Gasteiger partial charge in [0.1, 0.15) is 15.7 Å². The number of likely N-dealkylation sites (tertiary alicyclic amines) is 1. The Morgan fingerprint density at radius 3 is 2.32 bits per heavy atom. The van der Waals surface area contributed by atoms with Gasteiger partial charge in [-0.15, -0.1) is 0 Å². The fourth-order valence-electron chi connectivity index (χ4n) is 3.17. The minimum absolute atomic E-state index is 0.135. The van der Waals surface area contributed by atoms with Gasteiger partial charge < -0.3 is 15.5 Å². The summed E-state index contributed by atoms with van der Waals surface area (Å²) in [5, 5.41) is 5.46. The van der Waals surface area contributed by atoms with Crippen LogP contribution < -0.4 is 21.8 Å². The number of aromatic nitrogens is 2. The molecule has 0 bridgehead atoms. The Balaban J connectivity index is 1.63. The Hall–Kier alpha value is -3.30. The summed E-state index contributed by atoms with van der Waals surface area (Å²) in [5.41, 5.74) is -1.85. The van der Waals surface area contributed by atoms with Gasteiger partial charge in [-0.25, -0.2) is 9.97 Å². The third-order valence-corrected chi connectivity index (χ3v) is 4.64. The Kier molecular flexibility index (Phi) is 6.37. The van der Waals surface area contributed by atoms with E-state index < -0.39 is 22.9 Å². The molecule has 1 saturated heterocycles. The Bertz CT molecular complexity index is 992. The van der Waals surface area contributed by atoms with Crippen molar-refractivity contribution in [3.8, 4) is 0 Å². The molecule has 4 radical (unpaired) electrons. The molecule has 1 atom stereocenters. The third kappa shape index (κ3) is 5.25. The van der Waals surface area contributed by atoms with Gasteiger partial charge >= 0.3 is 6.18 Å². The van der Waals surface area contributed by atoms with Crippen LogP contribution in [0.25, 0.3) is 0 Å². The van der Waals surface area contributed by atoms with Gasteiger partial charge in [0.2, 0.25) is 11.9 Å². The van der Waals surface area contributed by atoms with Crippen LogP contribution in [0.3, 0.4) is 0 Å². The van der Waals surface area contributed by atoms with Crippen molar-refractivity contribution < 1.29 is 22.8 Å². The van der Waals surface area contributed by atoms with Crippen LogP contribution in [0.2, 0.25) is 0 Å². The number of hydrogen-bond donors (Lipinski definition) is 2. The molecule has 1 aromatic carbocycles. The molecule has 0 spiro atoms. The lowest BCUT2D eigenvalue weighted by atomic mass is 9.89. The molecule has 3 rings (SSSR count). The highest BCUT2D eigenvalue weighted by atomic mass is 19.4. The molecule has 2 amide bonds. The van der Waals surface area contributed by atoms with Crippen molar-refractivity contribution in [2.75, 3.05) is 23.7 Å². The van der Waals surface area contributed by atoms with Crippen LogP contribution >= 0.6 is 0 Å². The minimum Gasteiger partial charge on any atom is -0.350 e. The normalized spacial score (nSPS) is 16.1. The van der Waals surface area contributed by atoms with Gasteiger partial charge in [-0.2, -0.15) is 13.2 Å². The van der Waals surface area contributed by atoms with Crippen LogP contribution in [0, 0.1) is 0 Å². The molecular weight excluding hydrogens is 409 g/mol. The molecule has 1 aliphatic heterocycles. The van der Waals surface area contributed by atoms with Crippen molar-refractivity contribution >= 4 is 50.3 Å². The van der Waals surface area contributed by atoms with Crippen molar-refractivity contribution in [3.63, 3.8) is 0 Å². The quantitative estimate of drug-likeness (QED) is 0.540. The summed E-state index contributed by atoms with van der Waals surface area (Å²) in [5.74, 6) is -0.720. The number of rotatable bonds is 5. The molecule has 0 unspecified atom stereocenters. The minimum atomic E-state index is -4.76. The smallest absolute Gasteiger partial charge is 0.350 e. The average molecular weight is 425 g/mol. The topological polar surface area (TPSA) is 87.2 Å². The number of alkyl halides is 3. The van der Waals surface area contributed by atoms with Gasteiger partial charge in [0.25, 0.3) is 5.91 Å². The molecular formula is C19H16B2F3N5O2. The number of halogens is 3. The molecule has 31 heavy (non-hydrogen) atoms. The largest absolute Gasteiger partial charge is 0.418 e. The van der Waals surface area contributed by atoms with E-state index in [0.717, 1.165) is 6.08 Å². The highest BCUT2D eigenvalue weighted by Gasteiger charge is 2.35. The molecule has 12 heteroatoms. The maximum atomic E-state index is 12.9. The summed E-state index contributed by atoms with van der Waals surface area (Å²) in [6.07, 6.45) is -3.09. The number of amides is 2. The first-order chi connectivity index (χ1) is 14.6. The molecule has 156 valence electrons. The number of carbonyl (C=O) groups excluding carboxylic acids is 2. The van der Waals surface area contributed by atoms with E-state index in [2.05, 4.69) is 27.2 Å². The number of carbonyl (C=O) groups is 2. The Morgan fingerprint density at radius 2 is 1.77 bits per heavy atom. The molecule has 1 fully saturated rings. The van der Waals surface area contributed by atoms with E-state index in [4.69, 9.17) is 15.7 Å². The first kappa shape index (κ1) is 22.4. The summed E-state index contributed by atoms with van der Waals surface area (Å²) in [4.78, 5) is 32.9. The highest BCUT2D eigenvalue weighted by molar-refractivity contribution is 6.38. The first-order valence-corrected chi connectivity index (χ1v) is 9.18. The predicted molar refractivity (Wildman–Crippen MR) is 111 cm³/mol. The number of anilines is 2. The number of nitrogens with zero attached hydrogens (tertiary/aromatic N) is 3. The van der Waals surface area contributed by atoms with Crippen molar-refractivity contribution in [1.82, 2.24) is 14.9 Å². The fourth-order valence-corrected chi connectivity index (χ4v) is 3.17. The second kappa shape index (κ2) is 8.83. The zero-order chi connectivity index (χ0) is 22.8. The lowest BCUT2D eigenvalue weighted by Gasteiger charge is -2.19. The lowest BCUT2D eigenvalue weighted by molar-refractivity contribution is -0.136. The maximum absolute atomic E-state index is 12.9. The van der Waals surface area contributed by atoms with E-state index in [0.29, 0.717) is 24.2 Å². The summed E-state index contributed by atoms with van der Waals surface area (Å²) in [6.45, 7) is 4.08. The third-order valence-electron chi connectivity index (χ3n) is 4.64. The van der Waals surface area contributed by atoms with Gasteiger partial charge in [-0.05, 0) is 36.8 Å². The molecule has 2 N–H and O–H groups in total. The van der Waals surface area contributed by atoms with Crippen molar-refractivity contribution in [3.05, 3.63) is 48.0 Å². The van der Waals surface area contributed by atoms with Crippen molar-refractivity contribution in [2.24, 2.45) is 0 Å². The monoisotopic (exact) mass is 425 g/mol. The molecule has 2 aromatic rings. The molecule has 7 nitrogen and oxygen atoms in total. The number of benzene rings is 1.